The lowest BCUT2D eigenvalue weighted by atomic mass is 10.1. The van der Waals surface area contributed by atoms with Crippen molar-refractivity contribution in [3.63, 3.8) is 0 Å². The van der Waals surface area contributed by atoms with E-state index < -0.39 is 0 Å². The largest absolute Gasteiger partial charge is 1.00 e. The molecule has 0 saturated heterocycles. The summed E-state index contributed by atoms with van der Waals surface area (Å²) in [6.07, 6.45) is 3.79. The molecule has 1 nitrogen and oxygen atoms in total. The Morgan fingerprint density at radius 3 is 2.70 bits per heavy atom. The Kier molecular flexibility index (Phi) is 0.978. The van der Waals surface area contributed by atoms with Crippen LogP contribution < -0.4 is 0 Å². The van der Waals surface area contributed by atoms with Crippen LogP contribution in [0.1, 0.15) is 12.6 Å². The Bertz CT molecular complexity index is 315. The van der Waals surface area contributed by atoms with E-state index in [0.29, 0.717) is 5.71 Å². The molecule has 1 aliphatic rings. The first-order chi connectivity index (χ1) is 4.88. The number of nitrogens with one attached hydrogen (secondary N) is 1. The van der Waals surface area contributed by atoms with E-state index in [-0.39, 0.29) is 1.43 Å². The minimum absolute atomic E-state index is 0. The van der Waals surface area contributed by atoms with Gasteiger partial charge in [0.05, 0.1) is 5.71 Å². The lowest BCUT2D eigenvalue weighted by Crippen LogP contribution is -1.89. The summed E-state index contributed by atoms with van der Waals surface area (Å²) in [5.74, 6) is 0. The minimum Gasteiger partial charge on any atom is -0.300 e. The zero-order valence-corrected chi connectivity index (χ0v) is 5.46. The van der Waals surface area contributed by atoms with Crippen molar-refractivity contribution in [3.05, 3.63) is 41.5 Å². The summed E-state index contributed by atoms with van der Waals surface area (Å²) in [6, 6.07) is 7.94. The summed E-state index contributed by atoms with van der Waals surface area (Å²) < 4.78 is 0. The third-order valence-electron chi connectivity index (χ3n) is 1.68. The molecule has 0 heterocycles. The van der Waals surface area contributed by atoms with E-state index in [1.54, 1.807) is 0 Å². The third kappa shape index (κ3) is 0.605. The van der Waals surface area contributed by atoms with Crippen LogP contribution in [0.25, 0.3) is 6.08 Å². The molecule has 0 unspecified atom stereocenters. The molecule has 0 aliphatic heterocycles. The second-order valence-electron chi connectivity index (χ2n) is 2.33. The Balaban J connectivity index is 0.000000605. The summed E-state index contributed by atoms with van der Waals surface area (Å²) in [4.78, 5) is 0. The second-order valence-corrected chi connectivity index (χ2v) is 2.33. The Morgan fingerprint density at radius 2 is 1.90 bits per heavy atom. The van der Waals surface area contributed by atoms with Crippen LogP contribution >= 0.6 is 0 Å². The van der Waals surface area contributed by atoms with Crippen molar-refractivity contribution in [2.24, 2.45) is 0 Å². The predicted octanol–water partition coefficient (Wildman–Crippen LogP) is 2.19. The van der Waals surface area contributed by atoms with Gasteiger partial charge < -0.3 is 5.41 Å². The minimum atomic E-state index is 0. The molecule has 0 bridgehead atoms. The highest BCUT2D eigenvalue weighted by atomic mass is 14.4. The molecule has 0 amide bonds. The van der Waals surface area contributed by atoms with Gasteiger partial charge in [-0.05, 0) is 11.6 Å². The number of fused-ring (bicyclic) bond motifs is 1. The molecular formula is C9H8N+. The summed E-state index contributed by atoms with van der Waals surface area (Å²) in [5, 5.41) is 7.44. The number of hydrogen-bond acceptors (Lipinski definition) is 1. The molecule has 10 heavy (non-hydrogen) atoms. The molecule has 48 valence electrons. The Hall–Kier alpha value is -1.37. The monoisotopic (exact) mass is 130 g/mol. The van der Waals surface area contributed by atoms with E-state index in [9.17, 15) is 0 Å². The van der Waals surface area contributed by atoms with Crippen LogP contribution in [0, 0.1) is 5.41 Å². The maximum Gasteiger partial charge on any atom is 1.00 e. The van der Waals surface area contributed by atoms with Crippen LogP contribution in [-0.2, 0) is 0 Å². The number of rotatable bonds is 0. The highest BCUT2D eigenvalue weighted by Crippen LogP contribution is 2.17. The molecule has 1 aromatic carbocycles. The average Bonchev–Trinajstić information content (AvgIpc) is 2.34. The standard InChI is InChI=1S/C9H7N/c10-9-6-5-7-3-1-2-4-8(7)9/h1-6,10H/p+1. The fourth-order valence-corrected chi connectivity index (χ4v) is 1.15. The van der Waals surface area contributed by atoms with Crippen LogP contribution in [0.4, 0.5) is 0 Å². The van der Waals surface area contributed by atoms with Gasteiger partial charge in [0.25, 0.3) is 0 Å². The lowest BCUT2D eigenvalue weighted by molar-refractivity contribution is 1.50. The molecule has 1 heteroatoms. The first kappa shape index (κ1) is 5.42. The van der Waals surface area contributed by atoms with Crippen LogP contribution in [-0.4, -0.2) is 5.71 Å². The lowest BCUT2D eigenvalue weighted by Gasteiger charge is -1.94. The Labute approximate surface area is 61.0 Å². The first-order valence-electron chi connectivity index (χ1n) is 3.24. The van der Waals surface area contributed by atoms with Gasteiger partial charge in [0.15, 0.2) is 0 Å². The molecule has 0 radical (unpaired) electrons. The molecule has 0 atom stereocenters. The van der Waals surface area contributed by atoms with Gasteiger partial charge in [-0.3, -0.25) is 0 Å². The van der Waals surface area contributed by atoms with E-state index in [1.165, 1.54) is 0 Å². The molecule has 0 aromatic heterocycles. The van der Waals surface area contributed by atoms with Crippen molar-refractivity contribution >= 4 is 11.8 Å². The number of allylic oxidation sites excluding steroid dienone is 1. The van der Waals surface area contributed by atoms with Crippen LogP contribution in [0.2, 0.25) is 0 Å². The molecule has 2 rings (SSSR count). The van der Waals surface area contributed by atoms with Crippen molar-refractivity contribution in [1.82, 2.24) is 0 Å². The Morgan fingerprint density at radius 1 is 1.10 bits per heavy atom. The average molecular weight is 130 g/mol. The van der Waals surface area contributed by atoms with E-state index >= 15 is 0 Å². The summed E-state index contributed by atoms with van der Waals surface area (Å²) in [5.41, 5.74) is 2.82. The molecule has 1 N–H and O–H groups in total. The van der Waals surface area contributed by atoms with Crippen LogP contribution in [0.15, 0.2) is 30.3 Å². The van der Waals surface area contributed by atoms with Gasteiger partial charge in [-0.2, -0.15) is 0 Å². The number of hydrogen-bond donors (Lipinski definition) is 1. The van der Waals surface area contributed by atoms with Crippen molar-refractivity contribution in [1.29, 1.82) is 5.41 Å². The molecule has 0 fully saturated rings. The predicted molar refractivity (Wildman–Crippen MR) is 43.4 cm³/mol. The van der Waals surface area contributed by atoms with E-state index in [4.69, 9.17) is 5.41 Å². The van der Waals surface area contributed by atoms with Crippen molar-refractivity contribution in [3.8, 4) is 0 Å². The SMILES string of the molecule is N=C1C=Cc2ccccc21.[H+]. The van der Waals surface area contributed by atoms with E-state index in [0.717, 1.165) is 11.1 Å². The topological polar surface area (TPSA) is 23.9 Å². The van der Waals surface area contributed by atoms with E-state index in [1.807, 2.05) is 36.4 Å². The summed E-state index contributed by atoms with van der Waals surface area (Å²) >= 11 is 0. The fourth-order valence-electron chi connectivity index (χ4n) is 1.15. The normalized spacial score (nSPS) is 13.8. The van der Waals surface area contributed by atoms with Crippen LogP contribution in [0.5, 0.6) is 0 Å². The van der Waals surface area contributed by atoms with Crippen molar-refractivity contribution in [2.75, 3.05) is 0 Å². The molecule has 0 spiro atoms. The van der Waals surface area contributed by atoms with Gasteiger partial charge >= 0.3 is 1.43 Å². The number of benzene rings is 1. The quantitative estimate of drug-likeness (QED) is 0.556. The molecule has 1 aromatic rings. The van der Waals surface area contributed by atoms with Crippen molar-refractivity contribution in [2.45, 2.75) is 0 Å². The maximum absolute atomic E-state index is 7.44. The highest BCUT2D eigenvalue weighted by molar-refractivity contribution is 6.15. The van der Waals surface area contributed by atoms with Gasteiger partial charge in [0.1, 0.15) is 0 Å². The molecule has 1 aliphatic carbocycles. The molecular weight excluding hydrogens is 122 g/mol. The van der Waals surface area contributed by atoms with Gasteiger partial charge in [-0.15, -0.1) is 0 Å². The zero-order valence-electron chi connectivity index (χ0n) is 6.46. The van der Waals surface area contributed by atoms with Gasteiger partial charge in [-0.1, -0.05) is 30.3 Å². The molecule has 0 saturated carbocycles. The van der Waals surface area contributed by atoms with Gasteiger partial charge in [0, 0.05) is 5.56 Å². The van der Waals surface area contributed by atoms with Gasteiger partial charge in [-0.25, -0.2) is 0 Å². The third-order valence-corrected chi connectivity index (χ3v) is 1.68. The second kappa shape index (κ2) is 1.81. The summed E-state index contributed by atoms with van der Waals surface area (Å²) in [7, 11) is 0. The smallest absolute Gasteiger partial charge is 0.300 e. The summed E-state index contributed by atoms with van der Waals surface area (Å²) in [6.45, 7) is 0. The zero-order chi connectivity index (χ0) is 6.97. The highest BCUT2D eigenvalue weighted by Gasteiger charge is 2.07. The van der Waals surface area contributed by atoms with E-state index in [2.05, 4.69) is 0 Å². The maximum atomic E-state index is 7.44. The fraction of sp³-hybridized carbons (Fsp3) is 0. The van der Waals surface area contributed by atoms with Crippen molar-refractivity contribution < 1.29 is 1.43 Å². The van der Waals surface area contributed by atoms with Crippen LogP contribution in [0.3, 0.4) is 0 Å². The van der Waals surface area contributed by atoms with Gasteiger partial charge in [0.2, 0.25) is 0 Å². The first-order valence-corrected chi connectivity index (χ1v) is 3.24.